The third-order valence-electron chi connectivity index (χ3n) is 8.22. The summed E-state index contributed by atoms with van der Waals surface area (Å²) in [5, 5.41) is 13.6. The monoisotopic (exact) mass is 452 g/mol. The molecule has 0 unspecified atom stereocenters. The molecule has 3 fully saturated rings. The first kappa shape index (κ1) is 23.0. The van der Waals surface area contributed by atoms with Crippen molar-refractivity contribution in [3.05, 3.63) is 29.3 Å². The minimum Gasteiger partial charge on any atom is -0.508 e. The minimum absolute atomic E-state index is 0.362. The van der Waals surface area contributed by atoms with Crippen LogP contribution < -0.4 is 5.32 Å². The molecule has 1 aromatic rings. The number of phenols is 1. The van der Waals surface area contributed by atoms with E-state index >= 15 is 0 Å². The quantitative estimate of drug-likeness (QED) is 0.521. The highest BCUT2D eigenvalue weighted by atomic mass is 32.3. The second-order valence-corrected chi connectivity index (χ2v) is 10.7. The van der Waals surface area contributed by atoms with Gasteiger partial charge in [-0.25, -0.2) is 0 Å². The van der Waals surface area contributed by atoms with Crippen molar-refractivity contribution >= 4 is 10.4 Å². The maximum absolute atomic E-state index is 10.1. The highest BCUT2D eigenvalue weighted by molar-refractivity contribution is 7.79. The van der Waals surface area contributed by atoms with Crippen molar-refractivity contribution in [1.82, 2.24) is 10.2 Å². The molecule has 0 spiro atoms. The lowest BCUT2D eigenvalue weighted by Gasteiger charge is -2.59. The Hall–Kier alpha value is -1.19. The highest BCUT2D eigenvalue weighted by Crippen LogP contribution is 2.56. The SMILES string of the molecule is O=S(=O)(O)O.Oc1ccc2c(c1)[C@@]13CCCC[C@H]1[C@H](C2)N(CCC1CCNCC1)CC3. The largest absolute Gasteiger partial charge is 0.508 e. The summed E-state index contributed by atoms with van der Waals surface area (Å²) in [5.41, 5.74) is 3.40. The van der Waals surface area contributed by atoms with Crippen molar-refractivity contribution in [2.24, 2.45) is 11.8 Å². The number of phenolic OH excluding ortho intramolecular Hbond substituents is 1. The fourth-order valence-electron chi connectivity index (χ4n) is 6.87. The fraction of sp³-hybridized carbons (Fsp3) is 0.739. The lowest BCUT2D eigenvalue weighted by Crippen LogP contribution is -2.61. The topological polar surface area (TPSA) is 110 Å². The van der Waals surface area contributed by atoms with E-state index in [0.29, 0.717) is 11.2 Å². The molecule has 8 heteroatoms. The lowest BCUT2D eigenvalue weighted by molar-refractivity contribution is -0.0141. The predicted molar refractivity (Wildman–Crippen MR) is 120 cm³/mol. The van der Waals surface area contributed by atoms with Crippen LogP contribution >= 0.6 is 0 Å². The molecule has 174 valence electrons. The summed E-state index contributed by atoms with van der Waals surface area (Å²) in [6.07, 6.45) is 12.1. The molecule has 0 aromatic heterocycles. The second-order valence-electron chi connectivity index (χ2n) is 9.84. The molecule has 2 heterocycles. The summed E-state index contributed by atoms with van der Waals surface area (Å²) >= 11 is 0. The predicted octanol–water partition coefficient (Wildman–Crippen LogP) is 3.19. The molecular weight excluding hydrogens is 416 g/mol. The maximum Gasteiger partial charge on any atom is 0.394 e. The van der Waals surface area contributed by atoms with Crippen LogP contribution in [-0.4, -0.2) is 59.8 Å². The number of rotatable bonds is 3. The number of hydrogen-bond acceptors (Lipinski definition) is 5. The third-order valence-corrected chi connectivity index (χ3v) is 8.22. The maximum atomic E-state index is 10.1. The van der Waals surface area contributed by atoms with Crippen LogP contribution in [0, 0.1) is 11.8 Å². The van der Waals surface area contributed by atoms with Crippen LogP contribution in [0.25, 0.3) is 0 Å². The fourth-order valence-corrected chi connectivity index (χ4v) is 6.87. The van der Waals surface area contributed by atoms with E-state index in [1.807, 2.05) is 6.07 Å². The van der Waals surface area contributed by atoms with E-state index in [9.17, 15) is 5.11 Å². The van der Waals surface area contributed by atoms with Gasteiger partial charge < -0.3 is 10.4 Å². The number of likely N-dealkylation sites (tertiary alicyclic amines) is 1. The van der Waals surface area contributed by atoms with Gasteiger partial charge in [-0.15, -0.1) is 0 Å². The van der Waals surface area contributed by atoms with E-state index < -0.39 is 10.4 Å². The van der Waals surface area contributed by atoms with Crippen LogP contribution in [0.4, 0.5) is 0 Å². The number of nitrogens with one attached hydrogen (secondary N) is 1. The van der Waals surface area contributed by atoms with Gasteiger partial charge in [0.25, 0.3) is 0 Å². The van der Waals surface area contributed by atoms with Crippen molar-refractivity contribution in [3.63, 3.8) is 0 Å². The molecule has 4 aliphatic rings. The smallest absolute Gasteiger partial charge is 0.394 e. The van der Waals surface area contributed by atoms with E-state index in [1.54, 1.807) is 0 Å². The average molecular weight is 453 g/mol. The van der Waals surface area contributed by atoms with Crippen LogP contribution in [0.1, 0.15) is 62.5 Å². The van der Waals surface area contributed by atoms with Crippen molar-refractivity contribution < 1.29 is 22.6 Å². The van der Waals surface area contributed by atoms with Crippen LogP contribution in [0.2, 0.25) is 0 Å². The van der Waals surface area contributed by atoms with Crippen molar-refractivity contribution in [3.8, 4) is 5.75 Å². The number of aromatic hydroxyl groups is 1. The Bertz CT molecular complexity index is 863. The first-order valence-corrected chi connectivity index (χ1v) is 13.1. The second kappa shape index (κ2) is 9.35. The van der Waals surface area contributed by atoms with Gasteiger partial charge in [-0.3, -0.25) is 14.0 Å². The number of fused-ring (bicyclic) bond motifs is 1. The molecule has 7 nitrogen and oxygen atoms in total. The Balaban J connectivity index is 0.000000418. The van der Waals surface area contributed by atoms with E-state index in [1.165, 1.54) is 95.1 Å². The standard InChI is InChI=1S/C23H34N2O.H2O4S/c26-19-5-4-18-15-22-20-3-1-2-9-23(20,21(18)16-19)10-14-25(22)13-8-17-6-11-24-12-7-17;1-5(2,3)4/h4-5,16-17,20,22,24,26H,1-3,6-15H2;(H2,1,2,3,4)/t20-,22-,23+;/m0./s1. The summed E-state index contributed by atoms with van der Waals surface area (Å²) in [4.78, 5) is 2.87. The van der Waals surface area contributed by atoms with Crippen molar-refractivity contribution in [1.29, 1.82) is 0 Å². The van der Waals surface area contributed by atoms with Gasteiger partial charge in [-0.05, 0) is 106 Å². The number of hydrogen-bond donors (Lipinski definition) is 4. The zero-order chi connectivity index (χ0) is 22.1. The van der Waals surface area contributed by atoms with Crippen molar-refractivity contribution in [2.75, 3.05) is 26.2 Å². The molecule has 2 bridgehead atoms. The molecular formula is C23H36N2O5S. The Morgan fingerprint density at radius 1 is 1.10 bits per heavy atom. The molecule has 2 saturated heterocycles. The molecule has 5 rings (SSSR count). The van der Waals surface area contributed by atoms with Gasteiger partial charge in [0.05, 0.1) is 0 Å². The Labute approximate surface area is 185 Å². The third kappa shape index (κ3) is 5.25. The summed E-state index contributed by atoms with van der Waals surface area (Å²) in [6.45, 7) is 5.00. The number of nitrogens with zero attached hydrogens (tertiary/aromatic N) is 1. The lowest BCUT2D eigenvalue weighted by atomic mass is 9.52. The van der Waals surface area contributed by atoms with Crippen LogP contribution in [0.5, 0.6) is 5.75 Å². The van der Waals surface area contributed by atoms with Gasteiger partial charge in [0.2, 0.25) is 0 Å². The summed E-state index contributed by atoms with van der Waals surface area (Å²) in [7, 11) is -4.67. The number of benzene rings is 1. The van der Waals surface area contributed by atoms with E-state index in [-0.39, 0.29) is 0 Å². The van der Waals surface area contributed by atoms with Crippen LogP contribution in [0.3, 0.4) is 0 Å². The molecule has 1 aromatic carbocycles. The molecule has 31 heavy (non-hydrogen) atoms. The van der Waals surface area contributed by atoms with Gasteiger partial charge in [-0.1, -0.05) is 18.9 Å². The van der Waals surface area contributed by atoms with Gasteiger partial charge in [0.15, 0.2) is 0 Å². The Morgan fingerprint density at radius 3 is 2.58 bits per heavy atom. The van der Waals surface area contributed by atoms with Gasteiger partial charge >= 0.3 is 10.4 Å². The van der Waals surface area contributed by atoms with E-state index in [2.05, 4.69) is 22.3 Å². The van der Waals surface area contributed by atoms with E-state index in [0.717, 1.165) is 17.9 Å². The Morgan fingerprint density at radius 2 is 1.84 bits per heavy atom. The van der Waals surface area contributed by atoms with Gasteiger partial charge in [-0.2, -0.15) is 8.42 Å². The van der Waals surface area contributed by atoms with Crippen LogP contribution in [0.15, 0.2) is 18.2 Å². The molecule has 2 aliphatic carbocycles. The van der Waals surface area contributed by atoms with Gasteiger partial charge in [0.1, 0.15) is 5.75 Å². The molecule has 0 amide bonds. The Kier molecular flexibility index (Phi) is 6.93. The summed E-state index contributed by atoms with van der Waals surface area (Å²) in [5.74, 6) is 2.21. The molecule has 0 radical (unpaired) electrons. The van der Waals surface area contributed by atoms with Gasteiger partial charge in [0, 0.05) is 11.5 Å². The first-order valence-electron chi connectivity index (χ1n) is 11.7. The minimum atomic E-state index is -4.67. The first-order chi connectivity index (χ1) is 14.8. The number of piperidine rings is 2. The van der Waals surface area contributed by atoms with E-state index in [4.69, 9.17) is 17.5 Å². The average Bonchev–Trinajstić information content (AvgIpc) is 2.73. The normalized spacial score (nSPS) is 31.2. The van der Waals surface area contributed by atoms with Crippen molar-refractivity contribution in [2.45, 2.75) is 69.2 Å². The summed E-state index contributed by atoms with van der Waals surface area (Å²) in [6, 6.07) is 6.99. The zero-order valence-electron chi connectivity index (χ0n) is 18.2. The van der Waals surface area contributed by atoms with Crippen LogP contribution in [-0.2, 0) is 22.2 Å². The summed E-state index contributed by atoms with van der Waals surface area (Å²) < 4.78 is 31.6. The molecule has 1 saturated carbocycles. The molecule has 4 N–H and O–H groups in total. The molecule has 3 atom stereocenters. The molecule has 2 aliphatic heterocycles. The zero-order valence-corrected chi connectivity index (χ0v) is 19.0. The highest BCUT2D eigenvalue weighted by Gasteiger charge is 2.53.